The lowest BCUT2D eigenvalue weighted by atomic mass is 9.98. The van der Waals surface area contributed by atoms with Crippen molar-refractivity contribution in [1.29, 1.82) is 0 Å². The molecular weight excluding hydrogens is 502 g/mol. The molecule has 198 valence electrons. The lowest BCUT2D eigenvalue weighted by molar-refractivity contribution is 0.0444. The van der Waals surface area contributed by atoms with Gasteiger partial charge in [-0.1, -0.05) is 48.5 Å². The number of ether oxygens (including phenoxy) is 2. The molecule has 0 saturated carbocycles. The van der Waals surface area contributed by atoms with E-state index in [1.807, 2.05) is 47.9 Å². The van der Waals surface area contributed by atoms with Gasteiger partial charge in [0.15, 0.2) is 18.1 Å². The van der Waals surface area contributed by atoms with Crippen molar-refractivity contribution >= 4 is 22.9 Å². The Morgan fingerprint density at radius 1 is 0.974 bits per heavy atom. The van der Waals surface area contributed by atoms with Crippen molar-refractivity contribution in [2.45, 2.75) is 27.0 Å². The molecule has 5 aromatic rings. The van der Waals surface area contributed by atoms with Crippen LogP contribution in [0.25, 0.3) is 22.2 Å². The Morgan fingerprint density at radius 2 is 1.72 bits per heavy atom. The Bertz CT molecular complexity index is 1730. The zero-order chi connectivity index (χ0) is 27.5. The van der Waals surface area contributed by atoms with Crippen molar-refractivity contribution in [1.82, 2.24) is 9.55 Å². The van der Waals surface area contributed by atoms with Gasteiger partial charge < -0.3 is 24.0 Å². The fraction of sp³-hybridized carbons (Fsp3) is 0.172. The molecule has 10 heteroatoms. The summed E-state index contributed by atoms with van der Waals surface area (Å²) in [7, 11) is 0. The first-order chi connectivity index (χ1) is 18.9. The molecule has 2 heterocycles. The molecule has 0 fully saturated rings. The molecule has 3 aromatic carbocycles. The second-order valence-corrected chi connectivity index (χ2v) is 8.70. The normalized spacial score (nSPS) is 11.0. The van der Waals surface area contributed by atoms with Crippen LogP contribution in [-0.2, 0) is 17.9 Å². The fourth-order valence-corrected chi connectivity index (χ4v) is 4.35. The predicted molar refractivity (Wildman–Crippen MR) is 142 cm³/mol. The number of rotatable bonds is 9. The third-order valence-electron chi connectivity index (χ3n) is 6.19. The molecule has 0 aliphatic rings. The average molecular weight is 528 g/mol. The molecule has 2 N–H and O–H groups in total. The third-order valence-corrected chi connectivity index (χ3v) is 6.19. The molecule has 5 rings (SSSR count). The van der Waals surface area contributed by atoms with E-state index in [0.717, 1.165) is 16.7 Å². The number of nitrogens with zero attached hydrogens (tertiary/aromatic N) is 2. The van der Waals surface area contributed by atoms with Crippen LogP contribution in [0.3, 0.4) is 0 Å². The second kappa shape index (κ2) is 10.7. The molecule has 0 aliphatic heterocycles. The van der Waals surface area contributed by atoms with E-state index in [0.29, 0.717) is 35.8 Å². The van der Waals surface area contributed by atoms with Gasteiger partial charge in [-0.25, -0.2) is 9.59 Å². The van der Waals surface area contributed by atoms with Gasteiger partial charge in [0.1, 0.15) is 0 Å². The summed E-state index contributed by atoms with van der Waals surface area (Å²) in [5, 5.41) is 0. The molecule has 0 spiro atoms. The Hall–Kier alpha value is -5.12. The largest absolute Gasteiger partial charge is 0.519 e. The summed E-state index contributed by atoms with van der Waals surface area (Å²) in [5.41, 5.74) is 9.87. The quantitative estimate of drug-likeness (QED) is 0.277. The van der Waals surface area contributed by atoms with Crippen LogP contribution in [0.1, 0.15) is 44.7 Å². The van der Waals surface area contributed by atoms with E-state index >= 15 is 0 Å². The van der Waals surface area contributed by atoms with Gasteiger partial charge in [-0.15, -0.1) is 0 Å². The highest BCUT2D eigenvalue weighted by molar-refractivity contribution is 6.02. The summed E-state index contributed by atoms with van der Waals surface area (Å²) in [6.45, 7) is 3.88. The number of fused-ring (bicyclic) bond motifs is 1. The van der Waals surface area contributed by atoms with E-state index in [-0.39, 0.29) is 23.7 Å². The van der Waals surface area contributed by atoms with Crippen LogP contribution in [0.15, 0.2) is 80.4 Å². The summed E-state index contributed by atoms with van der Waals surface area (Å²) >= 11 is 0. The van der Waals surface area contributed by atoms with Crippen LogP contribution in [0.4, 0.5) is 0 Å². The summed E-state index contributed by atoms with van der Waals surface area (Å²) < 4.78 is 22.8. The van der Waals surface area contributed by atoms with Crippen LogP contribution >= 0.6 is 0 Å². The minimum Gasteiger partial charge on any atom is -0.465 e. The average Bonchev–Trinajstić information content (AvgIpc) is 3.45. The molecule has 39 heavy (non-hydrogen) atoms. The lowest BCUT2D eigenvalue weighted by Crippen LogP contribution is -2.12. The van der Waals surface area contributed by atoms with Crippen LogP contribution in [0.2, 0.25) is 0 Å². The molecule has 1 amide bonds. The number of aromatic nitrogens is 2. The SMILES string of the molecule is CCOc1nc2cccc(C(=O)OCc3oc(=O)oc3C)c2n1Cc1ccc(-c2ccccc2C(N)=O)cc1. The highest BCUT2D eigenvalue weighted by Gasteiger charge is 2.21. The predicted octanol–water partition coefficient (Wildman–Crippen LogP) is 4.46. The summed E-state index contributed by atoms with van der Waals surface area (Å²) in [5.74, 6) is -1.58. The first-order valence-corrected chi connectivity index (χ1v) is 12.2. The van der Waals surface area contributed by atoms with Crippen LogP contribution in [-0.4, -0.2) is 28.0 Å². The van der Waals surface area contributed by atoms with E-state index in [4.69, 9.17) is 24.0 Å². The molecule has 0 radical (unpaired) electrons. The number of nitrogens with two attached hydrogens (primary N) is 1. The number of imidazole rings is 1. The number of para-hydroxylation sites is 1. The minimum atomic E-state index is -0.857. The van der Waals surface area contributed by atoms with Crippen LogP contribution in [0.5, 0.6) is 6.01 Å². The Labute approximate surface area is 222 Å². The van der Waals surface area contributed by atoms with Crippen molar-refractivity contribution in [3.8, 4) is 17.1 Å². The molecular formula is C29H25N3O7. The summed E-state index contributed by atoms with van der Waals surface area (Å²) in [6.07, 6.45) is 0. The van der Waals surface area contributed by atoms with Crippen LogP contribution < -0.4 is 16.3 Å². The van der Waals surface area contributed by atoms with Gasteiger partial charge in [-0.05, 0) is 48.7 Å². The van der Waals surface area contributed by atoms with Crippen molar-refractivity contribution in [3.63, 3.8) is 0 Å². The van der Waals surface area contributed by atoms with Gasteiger partial charge in [0, 0.05) is 5.56 Å². The molecule has 0 aliphatic carbocycles. The minimum absolute atomic E-state index is 0.141. The smallest absolute Gasteiger partial charge is 0.465 e. The number of aryl methyl sites for hydroxylation is 1. The Kier molecular flexibility index (Phi) is 7.00. The second-order valence-electron chi connectivity index (χ2n) is 8.70. The summed E-state index contributed by atoms with van der Waals surface area (Å²) in [4.78, 5) is 40.9. The fourth-order valence-electron chi connectivity index (χ4n) is 4.35. The van der Waals surface area contributed by atoms with E-state index in [2.05, 4.69) is 4.98 Å². The first kappa shape index (κ1) is 25.5. The van der Waals surface area contributed by atoms with Gasteiger partial charge in [-0.3, -0.25) is 9.36 Å². The van der Waals surface area contributed by atoms with Crippen molar-refractivity contribution in [2.75, 3.05) is 6.61 Å². The van der Waals surface area contributed by atoms with E-state index in [1.54, 1.807) is 37.3 Å². The number of esters is 1. The van der Waals surface area contributed by atoms with Gasteiger partial charge in [0.05, 0.1) is 29.7 Å². The van der Waals surface area contributed by atoms with E-state index < -0.39 is 17.7 Å². The standard InChI is InChI=1S/C29H25N3O7/c1-3-36-28-31-23-10-6-9-22(27(34)37-16-24-17(2)38-29(35)39-24)25(23)32(28)15-18-11-13-19(14-12-18)20-7-4-5-8-21(20)26(30)33/h4-14H,3,15-16H2,1-2H3,(H2,30,33). The van der Waals surface area contributed by atoms with Gasteiger partial charge in [0.25, 0.3) is 6.01 Å². The number of benzene rings is 3. The molecule has 0 atom stereocenters. The van der Waals surface area contributed by atoms with Crippen molar-refractivity contribution in [3.05, 3.63) is 106 Å². The maximum absolute atomic E-state index is 13.1. The van der Waals surface area contributed by atoms with Crippen molar-refractivity contribution in [2.24, 2.45) is 5.73 Å². The zero-order valence-electron chi connectivity index (χ0n) is 21.3. The number of amides is 1. The lowest BCUT2D eigenvalue weighted by Gasteiger charge is -2.12. The summed E-state index contributed by atoms with van der Waals surface area (Å²) in [6, 6.07) is 20.3. The van der Waals surface area contributed by atoms with Gasteiger partial charge in [-0.2, -0.15) is 4.98 Å². The molecule has 0 unspecified atom stereocenters. The number of primary amides is 1. The number of carbonyl (C=O) groups is 2. The Balaban J connectivity index is 1.47. The molecule has 2 aromatic heterocycles. The molecule has 0 bridgehead atoms. The Morgan fingerprint density at radius 3 is 2.41 bits per heavy atom. The maximum atomic E-state index is 13.1. The maximum Gasteiger partial charge on any atom is 0.519 e. The highest BCUT2D eigenvalue weighted by atomic mass is 16.6. The highest BCUT2D eigenvalue weighted by Crippen LogP contribution is 2.29. The monoisotopic (exact) mass is 527 g/mol. The number of hydrogen-bond acceptors (Lipinski definition) is 8. The molecule has 10 nitrogen and oxygen atoms in total. The van der Waals surface area contributed by atoms with Gasteiger partial charge in [0.2, 0.25) is 5.91 Å². The van der Waals surface area contributed by atoms with Gasteiger partial charge >= 0.3 is 11.8 Å². The first-order valence-electron chi connectivity index (χ1n) is 12.2. The van der Waals surface area contributed by atoms with E-state index in [9.17, 15) is 14.4 Å². The molecule has 0 saturated heterocycles. The number of hydrogen-bond donors (Lipinski definition) is 1. The van der Waals surface area contributed by atoms with E-state index in [1.165, 1.54) is 0 Å². The van der Waals surface area contributed by atoms with Crippen LogP contribution in [0, 0.1) is 6.92 Å². The topological polar surface area (TPSA) is 140 Å². The number of carbonyl (C=O) groups excluding carboxylic acids is 2. The third kappa shape index (κ3) is 5.17. The van der Waals surface area contributed by atoms with Crippen molar-refractivity contribution < 1.29 is 27.9 Å². The zero-order valence-corrected chi connectivity index (χ0v) is 21.3.